The van der Waals surface area contributed by atoms with Crippen molar-refractivity contribution in [2.75, 3.05) is 12.4 Å². The second kappa shape index (κ2) is 15.1. The molecule has 1 aromatic rings. The highest BCUT2D eigenvalue weighted by molar-refractivity contribution is 6.30. The van der Waals surface area contributed by atoms with Gasteiger partial charge in [-0.05, 0) is 43.8 Å². The Kier molecular flexibility index (Phi) is 13.6. The number of benzene rings is 1. The minimum Gasteiger partial charge on any atom is -0.332 e. The zero-order valence-electron chi connectivity index (χ0n) is 17.5. The lowest BCUT2D eigenvalue weighted by Gasteiger charge is -2.23. The summed E-state index contributed by atoms with van der Waals surface area (Å²) in [5, 5.41) is 9.08. The van der Waals surface area contributed by atoms with Gasteiger partial charge >= 0.3 is 0 Å². The van der Waals surface area contributed by atoms with Gasteiger partial charge in [0, 0.05) is 16.4 Å². The molecule has 1 rings (SSSR count). The molecule has 1 atom stereocenters. The number of anilines is 1. The maximum Gasteiger partial charge on any atom is 0.255 e. The molecule has 1 unspecified atom stereocenters. The lowest BCUT2D eigenvalue weighted by molar-refractivity contribution is -0.113. The highest BCUT2D eigenvalue weighted by Gasteiger charge is 2.24. The highest BCUT2D eigenvalue weighted by Crippen LogP contribution is 2.20. The molecule has 29 heavy (non-hydrogen) atoms. The molecule has 0 spiro atoms. The Morgan fingerprint density at radius 1 is 1.14 bits per heavy atom. The predicted octanol–water partition coefficient (Wildman–Crippen LogP) is 4.77. The average Bonchev–Trinajstić information content (AvgIpc) is 2.72. The zero-order chi connectivity index (χ0) is 22.2. The molecule has 1 aromatic carbocycles. The van der Waals surface area contributed by atoms with Gasteiger partial charge in [0.05, 0.1) is 11.6 Å². The second-order valence-electron chi connectivity index (χ2n) is 5.48. The van der Waals surface area contributed by atoms with E-state index in [0.29, 0.717) is 28.4 Å². The summed E-state index contributed by atoms with van der Waals surface area (Å²) in [6.45, 7) is 13.1. The van der Waals surface area contributed by atoms with Crippen LogP contribution >= 0.6 is 11.6 Å². The van der Waals surface area contributed by atoms with Gasteiger partial charge in [0.25, 0.3) is 5.91 Å². The van der Waals surface area contributed by atoms with Crippen LogP contribution in [0.4, 0.5) is 5.69 Å². The molecule has 2 amide bonds. The Hall–Kier alpha value is -2.89. The smallest absolute Gasteiger partial charge is 0.255 e. The van der Waals surface area contributed by atoms with Crippen molar-refractivity contribution in [1.82, 2.24) is 10.6 Å². The van der Waals surface area contributed by atoms with Gasteiger partial charge in [0.1, 0.15) is 0 Å². The quantitative estimate of drug-likeness (QED) is 0.293. The Morgan fingerprint density at radius 2 is 1.76 bits per heavy atom. The normalized spacial score (nSPS) is 12.8. The molecule has 156 valence electrons. The Bertz CT molecular complexity index is 778. The summed E-state index contributed by atoms with van der Waals surface area (Å²) in [6.07, 6.45) is 9.16. The van der Waals surface area contributed by atoms with E-state index in [2.05, 4.69) is 29.1 Å². The molecule has 0 heterocycles. The van der Waals surface area contributed by atoms with E-state index in [-0.39, 0.29) is 5.91 Å². The number of rotatable bonds is 10. The fourth-order valence-electron chi connectivity index (χ4n) is 2.46. The van der Waals surface area contributed by atoms with E-state index in [0.717, 1.165) is 5.57 Å². The van der Waals surface area contributed by atoms with Gasteiger partial charge in [0.2, 0.25) is 6.41 Å². The molecular weight excluding hydrogens is 386 g/mol. The third-order valence-corrected chi connectivity index (χ3v) is 3.92. The molecule has 0 saturated heterocycles. The predicted molar refractivity (Wildman–Crippen MR) is 124 cm³/mol. The Morgan fingerprint density at radius 3 is 2.24 bits per heavy atom. The number of carbonyl (C=O) groups excluding carboxylic acids is 2. The topological polar surface area (TPSA) is 70.2 Å². The van der Waals surface area contributed by atoms with Gasteiger partial charge < -0.3 is 16.0 Å². The maximum atomic E-state index is 13.0. The van der Waals surface area contributed by atoms with E-state index in [1.807, 2.05) is 19.9 Å². The summed E-state index contributed by atoms with van der Waals surface area (Å²) >= 11 is 5.89. The SMILES string of the molecule is C=C/C=C\C(=C/C=C)C(NC)/C(C(=O)Nc1ccc(Cl)cc1)=C(/C)NC=O.CC. The van der Waals surface area contributed by atoms with Gasteiger partial charge in [-0.25, -0.2) is 0 Å². The molecule has 0 aliphatic carbocycles. The van der Waals surface area contributed by atoms with Crippen LogP contribution in [0.2, 0.25) is 5.02 Å². The number of amides is 2. The molecule has 0 fully saturated rings. The fraction of sp³-hybridized carbons (Fsp3) is 0.217. The van der Waals surface area contributed by atoms with Crippen LogP contribution in [0.25, 0.3) is 0 Å². The monoisotopic (exact) mass is 415 g/mol. The second-order valence-corrected chi connectivity index (χ2v) is 5.92. The highest BCUT2D eigenvalue weighted by atomic mass is 35.5. The van der Waals surface area contributed by atoms with E-state index >= 15 is 0 Å². The van der Waals surface area contributed by atoms with Crippen LogP contribution < -0.4 is 16.0 Å². The summed E-state index contributed by atoms with van der Waals surface area (Å²) in [7, 11) is 1.73. The minimum absolute atomic E-state index is 0.356. The third-order valence-electron chi connectivity index (χ3n) is 3.67. The molecular formula is C23H30ClN3O2. The number of halogens is 1. The van der Waals surface area contributed by atoms with E-state index in [1.54, 1.807) is 62.5 Å². The van der Waals surface area contributed by atoms with Crippen molar-refractivity contribution in [3.05, 3.63) is 89.7 Å². The maximum absolute atomic E-state index is 13.0. The summed E-state index contributed by atoms with van der Waals surface area (Å²) in [4.78, 5) is 23.9. The standard InChI is InChI=1S/C21H24ClN3O2.C2H6/c1-5-7-9-16(8-6-2)20(23-4)19(15(3)24-14-26)21(27)25-18-12-10-17(22)11-13-18;1-2/h5-14,20,23H,1-2H2,3-4H3,(H,24,26)(H,25,27);1-2H3/b9-7-,16-8+,19-15+;. The minimum atomic E-state index is -0.487. The van der Waals surface area contributed by atoms with E-state index in [1.165, 1.54) is 0 Å². The number of hydrogen-bond donors (Lipinski definition) is 3. The van der Waals surface area contributed by atoms with Crippen molar-refractivity contribution in [1.29, 1.82) is 0 Å². The molecule has 5 nitrogen and oxygen atoms in total. The first-order valence-electron chi connectivity index (χ1n) is 9.25. The van der Waals surface area contributed by atoms with Gasteiger partial charge in [-0.15, -0.1) is 0 Å². The number of hydrogen-bond acceptors (Lipinski definition) is 3. The van der Waals surface area contributed by atoms with E-state index in [9.17, 15) is 9.59 Å². The van der Waals surface area contributed by atoms with E-state index < -0.39 is 6.04 Å². The van der Waals surface area contributed by atoms with Gasteiger partial charge in [0.15, 0.2) is 0 Å². The van der Waals surface area contributed by atoms with Crippen LogP contribution in [-0.2, 0) is 9.59 Å². The third kappa shape index (κ3) is 8.77. The number of nitrogens with one attached hydrogen (secondary N) is 3. The number of allylic oxidation sites excluding steroid dienone is 5. The first kappa shape index (κ1) is 26.1. The fourth-order valence-corrected chi connectivity index (χ4v) is 2.58. The number of carbonyl (C=O) groups is 2. The number of likely N-dealkylation sites (N-methyl/N-ethyl adjacent to an activating group) is 1. The van der Waals surface area contributed by atoms with Crippen LogP contribution in [0.3, 0.4) is 0 Å². The van der Waals surface area contributed by atoms with Crippen LogP contribution in [0.1, 0.15) is 20.8 Å². The van der Waals surface area contributed by atoms with Gasteiger partial charge in [-0.1, -0.05) is 69.0 Å². The van der Waals surface area contributed by atoms with Crippen molar-refractivity contribution in [3.63, 3.8) is 0 Å². The molecule has 0 bridgehead atoms. The van der Waals surface area contributed by atoms with Crippen molar-refractivity contribution < 1.29 is 9.59 Å². The van der Waals surface area contributed by atoms with Crippen molar-refractivity contribution >= 4 is 29.6 Å². The van der Waals surface area contributed by atoms with Crippen LogP contribution in [0.15, 0.2) is 84.6 Å². The van der Waals surface area contributed by atoms with Crippen LogP contribution in [0.5, 0.6) is 0 Å². The average molecular weight is 416 g/mol. The summed E-state index contributed by atoms with van der Waals surface area (Å²) in [6, 6.07) is 6.28. The molecule has 3 N–H and O–H groups in total. The lowest BCUT2D eigenvalue weighted by Crippen LogP contribution is -2.37. The first-order valence-corrected chi connectivity index (χ1v) is 9.63. The molecule has 0 radical (unpaired) electrons. The Labute approximate surface area is 178 Å². The zero-order valence-corrected chi connectivity index (χ0v) is 18.2. The molecule has 0 aromatic heterocycles. The van der Waals surface area contributed by atoms with Crippen molar-refractivity contribution in [3.8, 4) is 0 Å². The Balaban J connectivity index is 0.00000379. The van der Waals surface area contributed by atoms with Gasteiger partial charge in [-0.2, -0.15) is 0 Å². The van der Waals surface area contributed by atoms with E-state index in [4.69, 9.17) is 11.6 Å². The summed E-state index contributed by atoms with van der Waals surface area (Å²) in [5.41, 5.74) is 2.16. The van der Waals surface area contributed by atoms with Gasteiger partial charge in [-0.3, -0.25) is 9.59 Å². The van der Waals surface area contributed by atoms with Crippen molar-refractivity contribution in [2.45, 2.75) is 26.8 Å². The van der Waals surface area contributed by atoms with Crippen molar-refractivity contribution in [2.24, 2.45) is 0 Å². The molecule has 0 aliphatic heterocycles. The summed E-state index contributed by atoms with van der Waals surface area (Å²) in [5.74, 6) is -0.356. The lowest BCUT2D eigenvalue weighted by atomic mass is 9.95. The molecule has 0 aliphatic rings. The van der Waals surface area contributed by atoms with Crippen LogP contribution in [0, 0.1) is 0 Å². The van der Waals surface area contributed by atoms with Crippen LogP contribution in [-0.4, -0.2) is 25.4 Å². The molecule has 0 saturated carbocycles. The largest absolute Gasteiger partial charge is 0.332 e. The summed E-state index contributed by atoms with van der Waals surface area (Å²) < 4.78 is 0. The molecule has 6 heteroatoms. The first-order chi connectivity index (χ1) is 14.0.